The molecular formula is C20H18N4O3S. The highest BCUT2D eigenvalue weighted by Gasteiger charge is 2.11. The van der Waals surface area contributed by atoms with Crippen LogP contribution >= 0.6 is 0 Å². The van der Waals surface area contributed by atoms with Crippen molar-refractivity contribution in [1.82, 2.24) is 9.78 Å². The zero-order valence-corrected chi connectivity index (χ0v) is 15.8. The van der Waals surface area contributed by atoms with E-state index in [0.717, 1.165) is 18.2 Å². The van der Waals surface area contributed by atoms with Gasteiger partial charge in [-0.25, -0.2) is 13.1 Å². The van der Waals surface area contributed by atoms with Crippen LogP contribution in [0.4, 0.5) is 5.69 Å². The van der Waals surface area contributed by atoms with Crippen LogP contribution in [0, 0.1) is 5.41 Å². The lowest BCUT2D eigenvalue weighted by molar-refractivity contribution is 0.602. The Morgan fingerprint density at radius 1 is 1.07 bits per heavy atom. The van der Waals surface area contributed by atoms with Crippen molar-refractivity contribution >= 4 is 27.4 Å². The highest BCUT2D eigenvalue weighted by molar-refractivity contribution is 7.90. The summed E-state index contributed by atoms with van der Waals surface area (Å²) in [5, 5.41) is 14.9. The highest BCUT2D eigenvalue weighted by Crippen LogP contribution is 2.16. The fourth-order valence-electron chi connectivity index (χ4n) is 2.52. The molecule has 0 aliphatic heterocycles. The Hall–Kier alpha value is -3.52. The Balaban J connectivity index is 2.01. The van der Waals surface area contributed by atoms with E-state index < -0.39 is 9.84 Å². The first-order valence-corrected chi connectivity index (χ1v) is 10.2. The van der Waals surface area contributed by atoms with Gasteiger partial charge in [0.15, 0.2) is 15.5 Å². The molecule has 0 spiro atoms. The van der Waals surface area contributed by atoms with Gasteiger partial charge in [-0.05, 0) is 42.5 Å². The lowest BCUT2D eigenvalue weighted by Crippen LogP contribution is -2.18. The lowest BCUT2D eigenvalue weighted by atomic mass is 10.2. The number of allylic oxidation sites excluding steroid dienone is 1. The maximum atomic E-state index is 12.4. The van der Waals surface area contributed by atoms with Crippen LogP contribution in [-0.4, -0.2) is 30.7 Å². The van der Waals surface area contributed by atoms with E-state index in [0.29, 0.717) is 11.4 Å². The van der Waals surface area contributed by atoms with E-state index in [4.69, 9.17) is 5.41 Å². The van der Waals surface area contributed by atoms with Gasteiger partial charge in [-0.1, -0.05) is 18.2 Å². The van der Waals surface area contributed by atoms with E-state index in [-0.39, 0.29) is 16.0 Å². The van der Waals surface area contributed by atoms with Crippen LogP contribution in [0.25, 0.3) is 11.4 Å². The molecule has 0 unspecified atom stereocenters. The Bertz CT molecular complexity index is 1180. The number of hydrogen-bond acceptors (Lipinski definition) is 6. The van der Waals surface area contributed by atoms with Gasteiger partial charge < -0.3 is 10.7 Å². The van der Waals surface area contributed by atoms with Crippen LogP contribution in [0.3, 0.4) is 0 Å². The van der Waals surface area contributed by atoms with Crippen molar-refractivity contribution in [2.75, 3.05) is 11.6 Å². The minimum atomic E-state index is -3.30. The summed E-state index contributed by atoms with van der Waals surface area (Å²) in [5.74, 6) is 0. The van der Waals surface area contributed by atoms with Crippen LogP contribution in [0.2, 0.25) is 0 Å². The zero-order valence-electron chi connectivity index (χ0n) is 15.0. The summed E-state index contributed by atoms with van der Waals surface area (Å²) in [7, 11) is -3.30. The average Bonchev–Trinajstić information content (AvgIpc) is 2.68. The van der Waals surface area contributed by atoms with Crippen molar-refractivity contribution in [2.45, 2.75) is 4.90 Å². The molecule has 0 aliphatic carbocycles. The zero-order chi connectivity index (χ0) is 20.1. The molecule has 3 rings (SSSR count). The topological polar surface area (TPSA) is 105 Å². The molecule has 0 amide bonds. The van der Waals surface area contributed by atoms with Crippen LogP contribution < -0.4 is 10.7 Å². The fraction of sp³-hybridized carbons (Fsp3) is 0.0500. The molecule has 28 heavy (non-hydrogen) atoms. The molecule has 0 bridgehead atoms. The molecular weight excluding hydrogens is 376 g/mol. The molecule has 8 heteroatoms. The third kappa shape index (κ3) is 4.41. The Morgan fingerprint density at radius 2 is 1.75 bits per heavy atom. The molecule has 1 heterocycles. The van der Waals surface area contributed by atoms with E-state index in [1.54, 1.807) is 12.1 Å². The third-order valence-electron chi connectivity index (χ3n) is 3.90. The number of nitrogens with one attached hydrogen (secondary N) is 2. The summed E-state index contributed by atoms with van der Waals surface area (Å²) in [5.41, 5.74) is 1.57. The molecule has 2 N–H and O–H groups in total. The second kappa shape index (κ2) is 8.01. The molecule has 7 nitrogen and oxygen atoms in total. The van der Waals surface area contributed by atoms with E-state index in [1.807, 2.05) is 30.3 Å². The summed E-state index contributed by atoms with van der Waals surface area (Å²) < 4.78 is 24.7. The van der Waals surface area contributed by atoms with E-state index >= 15 is 0 Å². The van der Waals surface area contributed by atoms with Crippen LogP contribution in [0.1, 0.15) is 5.69 Å². The SMILES string of the molecule is CS(=O)(=O)c1ccc(-n2ccc(=O)c(/C(=C/C=N)Nc3ccccc3)n2)cc1. The molecule has 3 aromatic rings. The van der Waals surface area contributed by atoms with Gasteiger partial charge in [-0.15, -0.1) is 0 Å². The largest absolute Gasteiger partial charge is 0.354 e. The first-order chi connectivity index (χ1) is 13.4. The molecule has 142 valence electrons. The summed E-state index contributed by atoms with van der Waals surface area (Å²) in [6.07, 6.45) is 5.17. The first-order valence-electron chi connectivity index (χ1n) is 8.32. The van der Waals surface area contributed by atoms with Crippen molar-refractivity contribution in [3.63, 3.8) is 0 Å². The molecule has 0 aliphatic rings. The van der Waals surface area contributed by atoms with Gasteiger partial charge in [-0.2, -0.15) is 5.10 Å². The summed E-state index contributed by atoms with van der Waals surface area (Å²) in [6.45, 7) is 0. The van der Waals surface area contributed by atoms with Gasteiger partial charge >= 0.3 is 0 Å². The van der Waals surface area contributed by atoms with Crippen LogP contribution in [0.15, 0.2) is 82.6 Å². The smallest absolute Gasteiger partial charge is 0.209 e. The molecule has 2 aromatic carbocycles. The fourth-order valence-corrected chi connectivity index (χ4v) is 3.15. The normalized spacial score (nSPS) is 11.8. The van der Waals surface area contributed by atoms with Crippen molar-refractivity contribution in [1.29, 1.82) is 5.41 Å². The number of nitrogens with zero attached hydrogens (tertiary/aromatic N) is 2. The van der Waals surface area contributed by atoms with Crippen molar-refractivity contribution in [3.05, 3.63) is 88.9 Å². The minimum Gasteiger partial charge on any atom is -0.354 e. The predicted molar refractivity (Wildman–Crippen MR) is 110 cm³/mol. The van der Waals surface area contributed by atoms with Gasteiger partial charge in [0.1, 0.15) is 0 Å². The van der Waals surface area contributed by atoms with E-state index in [1.165, 1.54) is 35.2 Å². The van der Waals surface area contributed by atoms with E-state index in [2.05, 4.69) is 10.4 Å². The summed E-state index contributed by atoms with van der Waals surface area (Å²) >= 11 is 0. The Morgan fingerprint density at radius 3 is 2.36 bits per heavy atom. The number of sulfone groups is 1. The maximum absolute atomic E-state index is 12.4. The maximum Gasteiger partial charge on any atom is 0.209 e. The van der Waals surface area contributed by atoms with Gasteiger partial charge in [0.05, 0.1) is 16.3 Å². The molecule has 0 atom stereocenters. The number of anilines is 1. The van der Waals surface area contributed by atoms with Gasteiger partial charge in [0.2, 0.25) is 5.43 Å². The van der Waals surface area contributed by atoms with Crippen molar-refractivity contribution in [2.24, 2.45) is 0 Å². The van der Waals surface area contributed by atoms with Crippen molar-refractivity contribution in [3.8, 4) is 5.69 Å². The summed E-state index contributed by atoms with van der Waals surface area (Å²) in [6, 6.07) is 16.8. The third-order valence-corrected chi connectivity index (χ3v) is 5.02. The number of benzene rings is 2. The van der Waals surface area contributed by atoms with Gasteiger partial charge in [-0.3, -0.25) is 4.79 Å². The predicted octanol–water partition coefficient (Wildman–Crippen LogP) is 2.74. The number of rotatable bonds is 6. The second-order valence-corrected chi connectivity index (χ2v) is 7.99. The van der Waals surface area contributed by atoms with Crippen LogP contribution in [-0.2, 0) is 9.84 Å². The van der Waals surface area contributed by atoms with Gasteiger partial charge in [0, 0.05) is 30.4 Å². The minimum absolute atomic E-state index is 0.141. The van der Waals surface area contributed by atoms with Gasteiger partial charge in [0.25, 0.3) is 0 Å². The highest BCUT2D eigenvalue weighted by atomic mass is 32.2. The number of aromatic nitrogens is 2. The lowest BCUT2D eigenvalue weighted by Gasteiger charge is -2.12. The molecule has 0 saturated carbocycles. The second-order valence-electron chi connectivity index (χ2n) is 5.98. The molecule has 0 saturated heterocycles. The Labute approximate surface area is 162 Å². The first kappa shape index (κ1) is 19.2. The quantitative estimate of drug-likeness (QED) is 0.626. The Kier molecular flexibility index (Phi) is 5.51. The van der Waals surface area contributed by atoms with Crippen molar-refractivity contribution < 1.29 is 8.42 Å². The number of para-hydroxylation sites is 1. The van der Waals surface area contributed by atoms with E-state index in [9.17, 15) is 13.2 Å². The molecule has 1 aromatic heterocycles. The monoisotopic (exact) mass is 394 g/mol. The molecule has 0 fully saturated rings. The molecule has 0 radical (unpaired) electrons. The van der Waals surface area contributed by atoms with Crippen LogP contribution in [0.5, 0.6) is 0 Å². The number of hydrogen-bond donors (Lipinski definition) is 2. The standard InChI is InChI=1S/C20H18N4O3S/c1-28(26,27)17-9-7-16(8-10-17)24-14-12-19(25)20(23-24)18(11-13-21)22-15-5-3-2-4-6-15/h2-14,21-22H,1H3/b18-11-,21-13?. The summed E-state index contributed by atoms with van der Waals surface area (Å²) in [4.78, 5) is 12.6. The average molecular weight is 394 g/mol.